The Hall–Kier alpha value is -1.72. The molecule has 0 bridgehead atoms. The van der Waals surface area contributed by atoms with Crippen LogP contribution in [-0.4, -0.2) is 19.9 Å². The van der Waals surface area contributed by atoms with Crippen LogP contribution in [0.4, 0.5) is 0 Å². The Morgan fingerprint density at radius 2 is 1.84 bits per heavy atom. The first-order valence-corrected chi connectivity index (χ1v) is 6.67. The van der Waals surface area contributed by atoms with Gasteiger partial charge in [-0.25, -0.2) is 0 Å². The van der Waals surface area contributed by atoms with E-state index in [1.165, 1.54) is 5.39 Å². The van der Waals surface area contributed by atoms with Gasteiger partial charge in [0.1, 0.15) is 6.61 Å². The molecule has 0 aliphatic heterocycles. The SMILES string of the molecule is Cn1c(CO)nnc1-c1ccc2cc(Br)ccc2c1. The minimum Gasteiger partial charge on any atom is -0.388 e. The second kappa shape index (κ2) is 4.75. The van der Waals surface area contributed by atoms with Crippen molar-refractivity contribution in [1.82, 2.24) is 14.8 Å². The van der Waals surface area contributed by atoms with Crippen molar-refractivity contribution in [2.45, 2.75) is 6.61 Å². The van der Waals surface area contributed by atoms with Gasteiger partial charge in [0.15, 0.2) is 11.6 Å². The van der Waals surface area contributed by atoms with E-state index in [1.807, 2.05) is 19.2 Å². The number of benzene rings is 2. The molecule has 3 aromatic rings. The summed E-state index contributed by atoms with van der Waals surface area (Å²) in [5.41, 5.74) is 0.990. The molecule has 1 N–H and O–H groups in total. The van der Waals surface area contributed by atoms with Gasteiger partial charge in [-0.3, -0.25) is 0 Å². The third-order valence-corrected chi connectivity index (χ3v) is 3.66. The van der Waals surface area contributed by atoms with Crippen LogP contribution < -0.4 is 0 Å². The van der Waals surface area contributed by atoms with Crippen molar-refractivity contribution in [3.63, 3.8) is 0 Å². The third kappa shape index (κ3) is 2.15. The number of halogens is 1. The molecular weight excluding hydrogens is 306 g/mol. The number of aliphatic hydroxyl groups is 1. The zero-order chi connectivity index (χ0) is 13.4. The van der Waals surface area contributed by atoms with Gasteiger partial charge in [0.25, 0.3) is 0 Å². The van der Waals surface area contributed by atoms with Crippen LogP contribution >= 0.6 is 15.9 Å². The maximum Gasteiger partial charge on any atom is 0.163 e. The molecule has 19 heavy (non-hydrogen) atoms. The van der Waals surface area contributed by atoms with Crippen molar-refractivity contribution in [3.05, 3.63) is 46.7 Å². The molecule has 2 aromatic carbocycles. The van der Waals surface area contributed by atoms with Crippen LogP contribution in [0.2, 0.25) is 0 Å². The van der Waals surface area contributed by atoms with Crippen molar-refractivity contribution < 1.29 is 5.11 Å². The van der Waals surface area contributed by atoms with Crippen LogP contribution in [0.5, 0.6) is 0 Å². The average Bonchev–Trinajstić information content (AvgIpc) is 2.79. The molecule has 0 unspecified atom stereocenters. The molecule has 1 heterocycles. The monoisotopic (exact) mass is 317 g/mol. The van der Waals surface area contributed by atoms with E-state index in [4.69, 9.17) is 5.11 Å². The quantitative estimate of drug-likeness (QED) is 0.790. The minimum absolute atomic E-state index is 0.107. The Morgan fingerprint density at radius 3 is 2.58 bits per heavy atom. The van der Waals surface area contributed by atoms with Crippen molar-refractivity contribution in [1.29, 1.82) is 0 Å². The Kier molecular flexibility index (Phi) is 3.08. The first-order valence-electron chi connectivity index (χ1n) is 5.88. The highest BCUT2D eigenvalue weighted by atomic mass is 79.9. The van der Waals surface area contributed by atoms with Gasteiger partial charge in [-0.2, -0.15) is 0 Å². The van der Waals surface area contributed by atoms with Gasteiger partial charge in [0, 0.05) is 17.1 Å². The maximum atomic E-state index is 9.15. The van der Waals surface area contributed by atoms with Crippen LogP contribution in [0.15, 0.2) is 40.9 Å². The molecule has 0 spiro atoms. The second-order valence-electron chi connectivity index (χ2n) is 4.36. The van der Waals surface area contributed by atoms with E-state index in [1.54, 1.807) is 4.57 Å². The molecule has 0 radical (unpaired) electrons. The number of hydrogen-bond donors (Lipinski definition) is 1. The fourth-order valence-corrected chi connectivity index (χ4v) is 2.49. The number of aromatic nitrogens is 3. The summed E-state index contributed by atoms with van der Waals surface area (Å²) in [5, 5.41) is 19.6. The molecule has 0 aliphatic rings. The van der Waals surface area contributed by atoms with Crippen LogP contribution in [0.3, 0.4) is 0 Å². The van der Waals surface area contributed by atoms with Gasteiger partial charge in [0.2, 0.25) is 0 Å². The number of fused-ring (bicyclic) bond motifs is 1. The molecule has 1 aromatic heterocycles. The van der Waals surface area contributed by atoms with Crippen LogP contribution in [-0.2, 0) is 13.7 Å². The van der Waals surface area contributed by atoms with Gasteiger partial charge in [-0.05, 0) is 29.0 Å². The molecule has 3 rings (SSSR count). The molecule has 0 fully saturated rings. The lowest BCUT2D eigenvalue weighted by atomic mass is 10.1. The van der Waals surface area contributed by atoms with E-state index >= 15 is 0 Å². The van der Waals surface area contributed by atoms with Crippen molar-refractivity contribution in [3.8, 4) is 11.4 Å². The Bertz CT molecular complexity index is 752. The summed E-state index contributed by atoms with van der Waals surface area (Å²) >= 11 is 3.47. The Morgan fingerprint density at radius 1 is 1.11 bits per heavy atom. The molecule has 0 saturated carbocycles. The topological polar surface area (TPSA) is 50.9 Å². The minimum atomic E-state index is -0.107. The summed E-state index contributed by atoms with van der Waals surface area (Å²) in [6.07, 6.45) is 0. The molecule has 0 aliphatic carbocycles. The summed E-state index contributed by atoms with van der Waals surface area (Å²) in [6.45, 7) is -0.107. The number of nitrogens with zero attached hydrogens (tertiary/aromatic N) is 3. The highest BCUT2D eigenvalue weighted by Gasteiger charge is 2.10. The van der Waals surface area contributed by atoms with Crippen LogP contribution in [0.25, 0.3) is 22.2 Å². The summed E-state index contributed by atoms with van der Waals surface area (Å²) < 4.78 is 2.87. The molecule has 0 amide bonds. The van der Waals surface area contributed by atoms with E-state index in [9.17, 15) is 0 Å². The highest BCUT2D eigenvalue weighted by Crippen LogP contribution is 2.25. The highest BCUT2D eigenvalue weighted by molar-refractivity contribution is 9.10. The normalized spacial score (nSPS) is 11.1. The lowest BCUT2D eigenvalue weighted by molar-refractivity contribution is 0.267. The third-order valence-electron chi connectivity index (χ3n) is 3.17. The lowest BCUT2D eigenvalue weighted by Gasteiger charge is -2.05. The van der Waals surface area contributed by atoms with E-state index in [0.29, 0.717) is 5.82 Å². The summed E-state index contributed by atoms with van der Waals surface area (Å²) in [7, 11) is 1.85. The van der Waals surface area contributed by atoms with Gasteiger partial charge in [-0.1, -0.05) is 34.1 Å². The number of rotatable bonds is 2. The zero-order valence-electron chi connectivity index (χ0n) is 10.3. The molecule has 4 nitrogen and oxygen atoms in total. The first-order chi connectivity index (χ1) is 9.19. The second-order valence-corrected chi connectivity index (χ2v) is 5.28. The predicted octanol–water partition coefficient (Wildman–Crippen LogP) is 2.89. The van der Waals surface area contributed by atoms with Gasteiger partial charge < -0.3 is 9.67 Å². The smallest absolute Gasteiger partial charge is 0.163 e. The number of aliphatic hydroxyl groups excluding tert-OH is 1. The van der Waals surface area contributed by atoms with Crippen molar-refractivity contribution in [2.24, 2.45) is 7.05 Å². The predicted molar refractivity (Wildman–Crippen MR) is 77.6 cm³/mol. The van der Waals surface area contributed by atoms with Crippen molar-refractivity contribution >= 4 is 26.7 Å². The molecule has 5 heteroatoms. The standard InChI is InChI=1S/C14H12BrN3O/c1-18-13(8-19)16-17-14(18)11-3-2-10-7-12(15)5-4-9(10)6-11/h2-7,19H,8H2,1H3. The Balaban J connectivity index is 2.15. The largest absolute Gasteiger partial charge is 0.388 e. The summed E-state index contributed by atoms with van der Waals surface area (Å²) in [4.78, 5) is 0. The van der Waals surface area contributed by atoms with Gasteiger partial charge in [0.05, 0.1) is 0 Å². The zero-order valence-corrected chi connectivity index (χ0v) is 11.9. The Labute approximate surface area is 118 Å². The van der Waals surface area contributed by atoms with Crippen molar-refractivity contribution in [2.75, 3.05) is 0 Å². The van der Waals surface area contributed by atoms with Gasteiger partial charge in [-0.15, -0.1) is 10.2 Å². The van der Waals surface area contributed by atoms with Crippen LogP contribution in [0.1, 0.15) is 5.82 Å². The number of hydrogen-bond acceptors (Lipinski definition) is 3. The average molecular weight is 318 g/mol. The maximum absolute atomic E-state index is 9.15. The molecular formula is C14H12BrN3O. The van der Waals surface area contributed by atoms with Gasteiger partial charge >= 0.3 is 0 Å². The van der Waals surface area contributed by atoms with Crippen LogP contribution in [0, 0.1) is 0 Å². The van der Waals surface area contributed by atoms with E-state index in [-0.39, 0.29) is 6.61 Å². The molecule has 0 atom stereocenters. The fraction of sp³-hybridized carbons (Fsp3) is 0.143. The van der Waals surface area contributed by atoms with E-state index < -0.39 is 0 Å². The lowest BCUT2D eigenvalue weighted by Crippen LogP contribution is -1.99. The van der Waals surface area contributed by atoms with E-state index in [0.717, 1.165) is 21.2 Å². The summed E-state index contributed by atoms with van der Waals surface area (Å²) in [6, 6.07) is 12.3. The molecule has 96 valence electrons. The van der Waals surface area contributed by atoms with E-state index in [2.05, 4.69) is 50.4 Å². The fourth-order valence-electron chi connectivity index (χ4n) is 2.11. The summed E-state index contributed by atoms with van der Waals surface area (Å²) in [5.74, 6) is 1.32. The molecule has 0 saturated heterocycles. The first kappa shape index (κ1) is 12.3.